The van der Waals surface area contributed by atoms with Gasteiger partial charge < -0.3 is 9.88 Å². The fourth-order valence-electron chi connectivity index (χ4n) is 2.96. The van der Waals surface area contributed by atoms with Crippen molar-refractivity contribution in [3.8, 4) is 0 Å². The minimum Gasteiger partial charge on any atom is -0.338 e. The van der Waals surface area contributed by atoms with E-state index in [1.165, 1.54) is 18.2 Å². The lowest BCUT2D eigenvalue weighted by Crippen LogP contribution is -2.31. The summed E-state index contributed by atoms with van der Waals surface area (Å²) in [5.74, 6) is -0.430. The van der Waals surface area contributed by atoms with Crippen molar-refractivity contribution in [2.75, 3.05) is 6.26 Å². The van der Waals surface area contributed by atoms with Gasteiger partial charge >= 0.3 is 0 Å². The van der Waals surface area contributed by atoms with Crippen molar-refractivity contribution < 1.29 is 17.6 Å². The zero-order chi connectivity index (χ0) is 20.3. The number of rotatable bonds is 6. The van der Waals surface area contributed by atoms with E-state index in [4.69, 9.17) is 0 Å². The first-order valence-corrected chi connectivity index (χ1v) is 10.6. The lowest BCUT2D eigenvalue weighted by molar-refractivity contribution is 0.0941. The van der Waals surface area contributed by atoms with E-state index >= 15 is 0 Å². The Morgan fingerprint density at radius 1 is 1.21 bits per heavy atom. The number of nitrogens with one attached hydrogen (secondary N) is 1. The molecule has 0 aliphatic carbocycles. The highest BCUT2D eigenvalue weighted by Gasteiger charge is 2.22. The largest absolute Gasteiger partial charge is 0.338 e. The molecule has 0 unspecified atom stereocenters. The fourth-order valence-corrected chi connectivity index (χ4v) is 3.74. The molecule has 1 aromatic heterocycles. The third-order valence-electron chi connectivity index (χ3n) is 4.19. The summed E-state index contributed by atoms with van der Waals surface area (Å²) in [5, 5.41) is 2.87. The number of hydrogen-bond acceptors (Lipinski definition) is 4. The first-order valence-electron chi connectivity index (χ1n) is 8.53. The fraction of sp³-hybridized carbons (Fsp3) is 0.200. The molecule has 0 bridgehead atoms. The van der Waals surface area contributed by atoms with E-state index in [0.717, 1.165) is 6.26 Å². The average Bonchev–Trinajstić information content (AvgIpc) is 3.04. The SMILES string of the molecule is Cn1ccnc1[C@@H](NC(=O)c1cccc(CS(C)(=O)=O)c1)c1cccc(F)c1. The molecule has 3 aromatic rings. The van der Waals surface area contributed by atoms with E-state index in [0.29, 0.717) is 22.5 Å². The van der Waals surface area contributed by atoms with Crippen LogP contribution in [0.25, 0.3) is 0 Å². The summed E-state index contributed by atoms with van der Waals surface area (Å²) in [7, 11) is -1.43. The number of aromatic nitrogens is 2. The lowest BCUT2D eigenvalue weighted by Gasteiger charge is -2.19. The van der Waals surface area contributed by atoms with Crippen LogP contribution in [0.2, 0.25) is 0 Å². The van der Waals surface area contributed by atoms with Gasteiger partial charge in [-0.2, -0.15) is 0 Å². The summed E-state index contributed by atoms with van der Waals surface area (Å²) in [6, 6.07) is 11.7. The average molecular weight is 401 g/mol. The molecule has 1 atom stereocenters. The van der Waals surface area contributed by atoms with Crippen LogP contribution < -0.4 is 5.32 Å². The second kappa shape index (κ2) is 7.93. The lowest BCUT2D eigenvalue weighted by atomic mass is 10.0. The summed E-state index contributed by atoms with van der Waals surface area (Å²) in [4.78, 5) is 17.1. The summed E-state index contributed by atoms with van der Waals surface area (Å²) in [6.07, 6.45) is 4.47. The first-order chi connectivity index (χ1) is 13.2. The molecule has 8 heteroatoms. The second-order valence-electron chi connectivity index (χ2n) is 6.63. The van der Waals surface area contributed by atoms with Gasteiger partial charge in [-0.15, -0.1) is 0 Å². The van der Waals surface area contributed by atoms with E-state index in [1.807, 2.05) is 0 Å². The summed E-state index contributed by atoms with van der Waals surface area (Å²) < 4.78 is 38.5. The Kier molecular flexibility index (Phi) is 5.60. The predicted octanol–water partition coefficient (Wildman–Crippen LogP) is 2.62. The van der Waals surface area contributed by atoms with Crippen LogP contribution in [0.1, 0.15) is 33.4 Å². The number of carbonyl (C=O) groups is 1. The van der Waals surface area contributed by atoms with Gasteiger partial charge in [0.05, 0.1) is 5.75 Å². The monoisotopic (exact) mass is 401 g/mol. The first kappa shape index (κ1) is 19.8. The van der Waals surface area contributed by atoms with Gasteiger partial charge in [-0.3, -0.25) is 4.79 Å². The number of hydrogen-bond donors (Lipinski definition) is 1. The van der Waals surface area contributed by atoms with Crippen LogP contribution in [-0.4, -0.2) is 30.1 Å². The molecule has 2 aromatic carbocycles. The number of sulfone groups is 1. The number of aryl methyl sites for hydroxylation is 1. The second-order valence-corrected chi connectivity index (χ2v) is 8.77. The summed E-state index contributed by atoms with van der Waals surface area (Å²) in [5.41, 5.74) is 1.39. The molecule has 0 spiro atoms. The molecule has 28 heavy (non-hydrogen) atoms. The van der Waals surface area contributed by atoms with Crippen molar-refractivity contribution in [2.45, 2.75) is 11.8 Å². The van der Waals surface area contributed by atoms with Gasteiger partial charge in [-0.25, -0.2) is 17.8 Å². The zero-order valence-electron chi connectivity index (χ0n) is 15.5. The standard InChI is InChI=1S/C20H20FN3O3S/c1-24-10-9-22-19(24)18(15-6-4-8-17(21)12-15)23-20(25)16-7-3-5-14(11-16)13-28(2,26)27/h3-12,18H,13H2,1-2H3,(H,23,25)/t18-/m0/s1. The Labute approximate surface area is 163 Å². The number of halogens is 1. The van der Waals surface area contributed by atoms with Crippen molar-refractivity contribution in [3.63, 3.8) is 0 Å². The van der Waals surface area contributed by atoms with E-state index in [2.05, 4.69) is 10.3 Å². The summed E-state index contributed by atoms with van der Waals surface area (Å²) in [6.45, 7) is 0. The quantitative estimate of drug-likeness (QED) is 0.689. The van der Waals surface area contributed by atoms with E-state index < -0.39 is 27.6 Å². The van der Waals surface area contributed by atoms with Gasteiger partial charge in [0.25, 0.3) is 5.91 Å². The molecule has 146 valence electrons. The van der Waals surface area contributed by atoms with Gasteiger partial charge in [0.1, 0.15) is 17.7 Å². The van der Waals surface area contributed by atoms with Gasteiger partial charge in [-0.1, -0.05) is 24.3 Å². The van der Waals surface area contributed by atoms with Gasteiger partial charge in [-0.05, 0) is 35.4 Å². The van der Waals surface area contributed by atoms with Crippen molar-refractivity contribution in [2.24, 2.45) is 7.05 Å². The van der Waals surface area contributed by atoms with Crippen LogP contribution in [0.15, 0.2) is 60.9 Å². The maximum absolute atomic E-state index is 13.7. The molecular formula is C20H20FN3O3S. The Hall–Kier alpha value is -3.00. The Morgan fingerprint density at radius 3 is 2.61 bits per heavy atom. The summed E-state index contributed by atoms with van der Waals surface area (Å²) >= 11 is 0. The molecule has 1 amide bonds. The molecule has 1 heterocycles. The molecule has 3 rings (SSSR count). The zero-order valence-corrected chi connectivity index (χ0v) is 16.3. The third kappa shape index (κ3) is 4.83. The molecule has 0 saturated heterocycles. The van der Waals surface area contributed by atoms with Crippen molar-refractivity contribution in [1.82, 2.24) is 14.9 Å². The molecule has 0 fully saturated rings. The number of benzene rings is 2. The highest BCUT2D eigenvalue weighted by molar-refractivity contribution is 7.89. The molecule has 0 aliphatic heterocycles. The maximum atomic E-state index is 13.7. The van der Waals surface area contributed by atoms with Gasteiger partial charge in [0.2, 0.25) is 0 Å². The molecule has 0 radical (unpaired) electrons. The minimum absolute atomic E-state index is 0.152. The van der Waals surface area contributed by atoms with Gasteiger partial charge in [0, 0.05) is 31.3 Å². The molecular weight excluding hydrogens is 381 g/mol. The normalized spacial score (nSPS) is 12.5. The Balaban J connectivity index is 1.92. The van der Waals surface area contributed by atoms with Crippen LogP contribution in [-0.2, 0) is 22.6 Å². The van der Waals surface area contributed by atoms with Crippen molar-refractivity contribution in [1.29, 1.82) is 0 Å². The number of nitrogens with zero attached hydrogens (tertiary/aromatic N) is 2. The predicted molar refractivity (Wildman–Crippen MR) is 104 cm³/mol. The van der Waals surface area contributed by atoms with Crippen molar-refractivity contribution >= 4 is 15.7 Å². The smallest absolute Gasteiger partial charge is 0.252 e. The minimum atomic E-state index is -3.22. The topological polar surface area (TPSA) is 81.1 Å². The van der Waals surface area contributed by atoms with Crippen LogP contribution in [0.3, 0.4) is 0 Å². The highest BCUT2D eigenvalue weighted by Crippen LogP contribution is 2.22. The van der Waals surface area contributed by atoms with Crippen LogP contribution >= 0.6 is 0 Å². The van der Waals surface area contributed by atoms with E-state index in [1.54, 1.807) is 54.3 Å². The van der Waals surface area contributed by atoms with Crippen LogP contribution in [0.4, 0.5) is 4.39 Å². The molecule has 1 N–H and O–H groups in total. The molecule has 6 nitrogen and oxygen atoms in total. The van der Waals surface area contributed by atoms with Crippen LogP contribution in [0, 0.1) is 5.82 Å². The van der Waals surface area contributed by atoms with Crippen molar-refractivity contribution in [3.05, 3.63) is 89.3 Å². The van der Waals surface area contributed by atoms with E-state index in [-0.39, 0.29) is 5.75 Å². The Bertz CT molecular complexity index is 1110. The number of imidazole rings is 1. The van der Waals surface area contributed by atoms with Gasteiger partial charge in [0.15, 0.2) is 9.84 Å². The Morgan fingerprint density at radius 2 is 1.96 bits per heavy atom. The molecule has 0 saturated carbocycles. The molecule has 0 aliphatic rings. The maximum Gasteiger partial charge on any atom is 0.252 e. The van der Waals surface area contributed by atoms with E-state index in [9.17, 15) is 17.6 Å². The van der Waals surface area contributed by atoms with Crippen LogP contribution in [0.5, 0.6) is 0 Å². The third-order valence-corrected chi connectivity index (χ3v) is 5.05. The number of carbonyl (C=O) groups excluding carboxylic acids is 1. The number of amides is 1. The highest BCUT2D eigenvalue weighted by atomic mass is 32.2.